The summed E-state index contributed by atoms with van der Waals surface area (Å²) in [7, 11) is 1.94. The lowest BCUT2D eigenvalue weighted by atomic mass is 10.2. The van der Waals surface area contributed by atoms with E-state index in [2.05, 4.69) is 15.5 Å². The van der Waals surface area contributed by atoms with Gasteiger partial charge in [-0.2, -0.15) is 0 Å². The molecule has 2 heterocycles. The van der Waals surface area contributed by atoms with Gasteiger partial charge in [-0.3, -0.25) is 0 Å². The van der Waals surface area contributed by atoms with Crippen LogP contribution in [0.2, 0.25) is 0 Å². The van der Waals surface area contributed by atoms with Crippen molar-refractivity contribution in [2.75, 3.05) is 20.2 Å². The van der Waals surface area contributed by atoms with Crippen LogP contribution in [0.15, 0.2) is 4.42 Å². The van der Waals surface area contributed by atoms with Gasteiger partial charge in [-0.15, -0.1) is 10.2 Å². The first-order valence-corrected chi connectivity index (χ1v) is 5.96. The minimum atomic E-state index is 0.283. The van der Waals surface area contributed by atoms with Gasteiger partial charge in [0, 0.05) is 13.0 Å². The second-order valence-electron chi connectivity index (χ2n) is 4.14. The molecule has 1 saturated heterocycles. The summed E-state index contributed by atoms with van der Waals surface area (Å²) >= 11 is 0. The van der Waals surface area contributed by atoms with Crippen LogP contribution in [0.4, 0.5) is 0 Å². The molecular formula is C11H19N3O2. The number of nitrogens with zero attached hydrogens (tertiary/aromatic N) is 2. The lowest BCUT2D eigenvalue weighted by molar-refractivity contribution is 0.105. The summed E-state index contributed by atoms with van der Waals surface area (Å²) in [6, 6.07) is 0. The smallest absolute Gasteiger partial charge is 0.219 e. The molecular weight excluding hydrogens is 206 g/mol. The van der Waals surface area contributed by atoms with Gasteiger partial charge in [0.05, 0.1) is 12.5 Å². The molecule has 5 nitrogen and oxygen atoms in total. The highest BCUT2D eigenvalue weighted by Crippen LogP contribution is 2.16. The van der Waals surface area contributed by atoms with Gasteiger partial charge < -0.3 is 14.5 Å². The van der Waals surface area contributed by atoms with E-state index in [0.29, 0.717) is 5.89 Å². The Balaban J connectivity index is 1.77. The number of ether oxygens (including phenoxy) is 1. The van der Waals surface area contributed by atoms with Crippen molar-refractivity contribution in [2.24, 2.45) is 0 Å². The third-order valence-corrected chi connectivity index (χ3v) is 2.75. The molecule has 0 radical (unpaired) electrons. The van der Waals surface area contributed by atoms with Crippen molar-refractivity contribution < 1.29 is 9.15 Å². The van der Waals surface area contributed by atoms with E-state index in [4.69, 9.17) is 9.15 Å². The third-order valence-electron chi connectivity index (χ3n) is 2.75. The summed E-state index contributed by atoms with van der Waals surface area (Å²) in [6.07, 6.45) is 5.17. The molecule has 16 heavy (non-hydrogen) atoms. The summed E-state index contributed by atoms with van der Waals surface area (Å²) in [5.74, 6) is 1.45. The van der Waals surface area contributed by atoms with E-state index in [1.165, 1.54) is 0 Å². The topological polar surface area (TPSA) is 60.2 Å². The predicted molar refractivity (Wildman–Crippen MR) is 59.2 cm³/mol. The number of nitrogens with one attached hydrogen (secondary N) is 1. The van der Waals surface area contributed by atoms with Gasteiger partial charge in [-0.1, -0.05) is 0 Å². The number of aromatic nitrogens is 2. The van der Waals surface area contributed by atoms with E-state index in [1.807, 2.05) is 7.05 Å². The average Bonchev–Trinajstić information content (AvgIpc) is 2.91. The minimum absolute atomic E-state index is 0.283. The SMILES string of the molecule is CNCCCc1nnc(CC2CCCO2)o1. The lowest BCUT2D eigenvalue weighted by Crippen LogP contribution is -2.09. The highest BCUT2D eigenvalue weighted by Gasteiger charge is 2.19. The largest absolute Gasteiger partial charge is 0.425 e. The molecule has 1 fully saturated rings. The van der Waals surface area contributed by atoms with Gasteiger partial charge >= 0.3 is 0 Å². The molecule has 0 amide bonds. The van der Waals surface area contributed by atoms with Crippen molar-refractivity contribution in [3.8, 4) is 0 Å². The molecule has 0 spiro atoms. The van der Waals surface area contributed by atoms with E-state index in [0.717, 1.165) is 51.1 Å². The summed E-state index contributed by atoms with van der Waals surface area (Å²) in [6.45, 7) is 1.84. The number of hydrogen-bond acceptors (Lipinski definition) is 5. The minimum Gasteiger partial charge on any atom is -0.425 e. The lowest BCUT2D eigenvalue weighted by Gasteiger charge is -2.04. The van der Waals surface area contributed by atoms with Crippen LogP contribution in [0.3, 0.4) is 0 Å². The van der Waals surface area contributed by atoms with Crippen molar-refractivity contribution >= 4 is 0 Å². The molecule has 1 aliphatic heterocycles. The Morgan fingerprint density at radius 2 is 2.25 bits per heavy atom. The normalized spacial score (nSPS) is 20.4. The Morgan fingerprint density at radius 1 is 1.38 bits per heavy atom. The molecule has 90 valence electrons. The Labute approximate surface area is 95.6 Å². The molecule has 0 saturated carbocycles. The van der Waals surface area contributed by atoms with Gasteiger partial charge in [0.1, 0.15) is 0 Å². The maximum Gasteiger partial charge on any atom is 0.219 e. The molecule has 1 N–H and O–H groups in total. The molecule has 1 aromatic rings. The molecule has 2 rings (SSSR count). The molecule has 1 aliphatic rings. The van der Waals surface area contributed by atoms with E-state index in [1.54, 1.807) is 0 Å². The highest BCUT2D eigenvalue weighted by molar-refractivity contribution is 4.86. The Kier molecular flexibility index (Phi) is 4.30. The van der Waals surface area contributed by atoms with Crippen LogP contribution in [0.5, 0.6) is 0 Å². The predicted octanol–water partition coefficient (Wildman–Crippen LogP) is 0.943. The van der Waals surface area contributed by atoms with E-state index in [9.17, 15) is 0 Å². The molecule has 0 bridgehead atoms. The number of aryl methyl sites for hydroxylation is 1. The third kappa shape index (κ3) is 3.28. The molecule has 1 unspecified atom stereocenters. The number of rotatable bonds is 6. The molecule has 5 heteroatoms. The van der Waals surface area contributed by atoms with Crippen LogP contribution in [0, 0.1) is 0 Å². The first kappa shape index (κ1) is 11.5. The molecule has 0 aliphatic carbocycles. The van der Waals surface area contributed by atoms with Crippen molar-refractivity contribution in [3.05, 3.63) is 11.8 Å². The van der Waals surface area contributed by atoms with Crippen LogP contribution >= 0.6 is 0 Å². The fourth-order valence-electron chi connectivity index (χ4n) is 1.89. The van der Waals surface area contributed by atoms with Crippen LogP contribution in [0.1, 0.15) is 31.0 Å². The van der Waals surface area contributed by atoms with E-state index in [-0.39, 0.29) is 6.10 Å². The first-order chi connectivity index (χ1) is 7.88. The maximum atomic E-state index is 5.56. The summed E-state index contributed by atoms with van der Waals surface area (Å²) in [5, 5.41) is 11.2. The van der Waals surface area contributed by atoms with Crippen molar-refractivity contribution in [1.82, 2.24) is 15.5 Å². The van der Waals surface area contributed by atoms with Crippen molar-refractivity contribution in [3.63, 3.8) is 0 Å². The van der Waals surface area contributed by atoms with Gasteiger partial charge in [-0.05, 0) is 32.9 Å². The fraction of sp³-hybridized carbons (Fsp3) is 0.818. The summed E-state index contributed by atoms with van der Waals surface area (Å²) < 4.78 is 11.1. The standard InChI is InChI=1S/C11H19N3O2/c1-12-6-2-5-10-13-14-11(16-10)8-9-4-3-7-15-9/h9,12H,2-8H2,1H3. The average molecular weight is 225 g/mol. The zero-order valence-corrected chi connectivity index (χ0v) is 9.74. The summed E-state index contributed by atoms with van der Waals surface area (Å²) in [4.78, 5) is 0. The van der Waals surface area contributed by atoms with E-state index >= 15 is 0 Å². The van der Waals surface area contributed by atoms with Crippen LogP contribution in [-0.2, 0) is 17.6 Å². The van der Waals surface area contributed by atoms with Crippen LogP contribution < -0.4 is 5.32 Å². The van der Waals surface area contributed by atoms with Gasteiger partial charge in [0.25, 0.3) is 0 Å². The zero-order valence-electron chi connectivity index (χ0n) is 9.74. The Morgan fingerprint density at radius 3 is 3.00 bits per heavy atom. The second-order valence-corrected chi connectivity index (χ2v) is 4.14. The maximum absolute atomic E-state index is 5.56. The van der Waals surface area contributed by atoms with Crippen molar-refractivity contribution in [1.29, 1.82) is 0 Å². The van der Waals surface area contributed by atoms with Gasteiger partial charge in [0.2, 0.25) is 11.8 Å². The Bertz CT molecular complexity index is 308. The summed E-state index contributed by atoms with van der Waals surface area (Å²) in [5.41, 5.74) is 0. The van der Waals surface area contributed by atoms with E-state index < -0.39 is 0 Å². The molecule has 1 aromatic heterocycles. The highest BCUT2D eigenvalue weighted by atomic mass is 16.5. The van der Waals surface area contributed by atoms with Gasteiger partial charge in [0.15, 0.2) is 0 Å². The van der Waals surface area contributed by atoms with Crippen LogP contribution in [-0.4, -0.2) is 36.5 Å². The number of hydrogen-bond donors (Lipinski definition) is 1. The van der Waals surface area contributed by atoms with Crippen LogP contribution in [0.25, 0.3) is 0 Å². The Hall–Kier alpha value is -0.940. The van der Waals surface area contributed by atoms with Gasteiger partial charge in [-0.25, -0.2) is 0 Å². The quantitative estimate of drug-likeness (QED) is 0.730. The molecule has 1 atom stereocenters. The molecule has 0 aromatic carbocycles. The fourth-order valence-corrected chi connectivity index (χ4v) is 1.89. The second kappa shape index (κ2) is 5.96. The first-order valence-electron chi connectivity index (χ1n) is 5.96. The van der Waals surface area contributed by atoms with Crippen molar-refractivity contribution in [2.45, 2.75) is 38.2 Å². The monoisotopic (exact) mass is 225 g/mol. The zero-order chi connectivity index (χ0) is 11.2.